The largest absolute Gasteiger partial charge is 0.495 e. The molecule has 120 valence electrons. The van der Waals surface area contributed by atoms with Crippen LogP contribution >= 0.6 is 0 Å². The summed E-state index contributed by atoms with van der Waals surface area (Å²) in [6.45, 7) is 2.00. The highest BCUT2D eigenvalue weighted by Crippen LogP contribution is 2.34. The van der Waals surface area contributed by atoms with Gasteiger partial charge in [-0.15, -0.1) is 0 Å². The molecule has 5 heteroatoms. The Morgan fingerprint density at radius 3 is 2.59 bits per heavy atom. The Balaban J connectivity index is 1.60. The minimum Gasteiger partial charge on any atom is -0.495 e. The van der Waals surface area contributed by atoms with E-state index in [1.165, 1.54) is 12.8 Å². The third-order valence-electron chi connectivity index (χ3n) is 5.04. The molecule has 2 aliphatic rings. The average molecular weight is 303 g/mol. The highest BCUT2D eigenvalue weighted by atomic mass is 16.5. The van der Waals surface area contributed by atoms with Crippen LogP contribution in [0.3, 0.4) is 0 Å². The van der Waals surface area contributed by atoms with Crippen molar-refractivity contribution < 1.29 is 9.53 Å². The molecule has 0 spiro atoms. The van der Waals surface area contributed by atoms with Gasteiger partial charge in [-0.3, -0.25) is 0 Å². The van der Waals surface area contributed by atoms with Gasteiger partial charge in [-0.1, -0.05) is 6.07 Å². The summed E-state index contributed by atoms with van der Waals surface area (Å²) in [6.07, 6.45) is 4.61. The van der Waals surface area contributed by atoms with Crippen LogP contribution in [-0.4, -0.2) is 43.2 Å². The Morgan fingerprint density at radius 2 is 1.95 bits per heavy atom. The molecule has 2 heterocycles. The second kappa shape index (κ2) is 6.16. The minimum atomic E-state index is -0.141. The number of nitrogens with one attached hydrogen (secondary N) is 2. The predicted molar refractivity (Wildman–Crippen MR) is 87.5 cm³/mol. The number of amides is 2. The van der Waals surface area contributed by atoms with Gasteiger partial charge in [0.15, 0.2) is 0 Å². The zero-order chi connectivity index (χ0) is 15.7. The fourth-order valence-corrected chi connectivity index (χ4v) is 3.79. The number of carbonyl (C=O) groups is 1. The molecule has 1 aromatic rings. The smallest absolute Gasteiger partial charge is 0.319 e. The van der Waals surface area contributed by atoms with Gasteiger partial charge >= 0.3 is 6.03 Å². The van der Waals surface area contributed by atoms with Crippen LogP contribution in [0.15, 0.2) is 18.2 Å². The van der Waals surface area contributed by atoms with Crippen LogP contribution in [0.1, 0.15) is 31.2 Å². The molecule has 3 atom stereocenters. The van der Waals surface area contributed by atoms with Crippen LogP contribution in [0.5, 0.6) is 5.75 Å². The van der Waals surface area contributed by atoms with Crippen LogP contribution in [0.2, 0.25) is 0 Å². The van der Waals surface area contributed by atoms with Gasteiger partial charge in [0.1, 0.15) is 5.75 Å². The normalized spacial score (nSPS) is 27.5. The van der Waals surface area contributed by atoms with E-state index in [-0.39, 0.29) is 12.1 Å². The Hall–Kier alpha value is -1.75. The number of anilines is 1. The van der Waals surface area contributed by atoms with E-state index in [0.717, 1.165) is 24.1 Å². The van der Waals surface area contributed by atoms with Crippen molar-refractivity contribution in [2.45, 2.75) is 50.7 Å². The van der Waals surface area contributed by atoms with Gasteiger partial charge in [0, 0.05) is 18.1 Å². The standard InChI is InChI=1S/C17H25N3O2/c1-11-4-7-16(22-3)15(8-11)19-17(21)18-12-9-13-5-6-14(10-12)20(13)2/h4,7-8,12-14H,5-6,9-10H2,1-3H3,(H2,18,19,21)/t12?,13-,14+. The highest BCUT2D eigenvalue weighted by molar-refractivity contribution is 5.91. The molecule has 0 aliphatic carbocycles. The van der Waals surface area contributed by atoms with E-state index >= 15 is 0 Å². The minimum absolute atomic E-state index is 0.141. The summed E-state index contributed by atoms with van der Waals surface area (Å²) in [5, 5.41) is 6.05. The first-order chi connectivity index (χ1) is 10.6. The lowest BCUT2D eigenvalue weighted by Crippen LogP contribution is -2.49. The number of benzene rings is 1. The average Bonchev–Trinajstić information content (AvgIpc) is 2.70. The molecule has 0 saturated carbocycles. The lowest BCUT2D eigenvalue weighted by molar-refractivity contribution is 0.151. The van der Waals surface area contributed by atoms with Crippen molar-refractivity contribution in [3.05, 3.63) is 23.8 Å². The Labute approximate surface area is 132 Å². The number of fused-ring (bicyclic) bond motifs is 2. The Morgan fingerprint density at radius 1 is 1.27 bits per heavy atom. The van der Waals surface area contributed by atoms with Crippen molar-refractivity contribution in [2.75, 3.05) is 19.5 Å². The number of nitrogens with zero attached hydrogens (tertiary/aromatic N) is 1. The molecular formula is C17H25N3O2. The van der Waals surface area contributed by atoms with Gasteiger partial charge in [-0.25, -0.2) is 4.79 Å². The summed E-state index contributed by atoms with van der Waals surface area (Å²) in [4.78, 5) is 14.8. The van der Waals surface area contributed by atoms with E-state index in [4.69, 9.17) is 4.74 Å². The second-order valence-corrected chi connectivity index (χ2v) is 6.52. The van der Waals surface area contributed by atoms with Crippen molar-refractivity contribution in [1.29, 1.82) is 0 Å². The molecule has 22 heavy (non-hydrogen) atoms. The van der Waals surface area contributed by atoms with Gasteiger partial charge in [0.2, 0.25) is 0 Å². The molecule has 2 bridgehead atoms. The number of rotatable bonds is 3. The maximum Gasteiger partial charge on any atom is 0.319 e. The zero-order valence-electron chi connectivity index (χ0n) is 13.6. The fraction of sp³-hybridized carbons (Fsp3) is 0.588. The third kappa shape index (κ3) is 3.04. The molecule has 2 N–H and O–H groups in total. The molecule has 0 radical (unpaired) electrons. The molecule has 2 saturated heterocycles. The van der Waals surface area contributed by atoms with Gasteiger partial charge in [-0.05, 0) is 57.4 Å². The van der Waals surface area contributed by atoms with E-state index in [0.29, 0.717) is 17.8 Å². The summed E-state index contributed by atoms with van der Waals surface area (Å²) in [6, 6.07) is 7.14. The van der Waals surface area contributed by atoms with Crippen molar-refractivity contribution in [3.63, 3.8) is 0 Å². The number of ether oxygens (including phenoxy) is 1. The molecule has 5 nitrogen and oxygen atoms in total. The number of methoxy groups -OCH3 is 1. The molecule has 2 aliphatic heterocycles. The van der Waals surface area contributed by atoms with Crippen LogP contribution in [0, 0.1) is 6.92 Å². The van der Waals surface area contributed by atoms with E-state index in [1.54, 1.807) is 7.11 Å². The molecule has 1 aromatic carbocycles. The van der Waals surface area contributed by atoms with Gasteiger partial charge in [0.05, 0.1) is 12.8 Å². The van der Waals surface area contributed by atoms with Crippen molar-refractivity contribution in [3.8, 4) is 5.75 Å². The maximum absolute atomic E-state index is 12.3. The Bertz CT molecular complexity index is 547. The number of carbonyl (C=O) groups excluding carboxylic acids is 1. The molecule has 1 unspecified atom stereocenters. The van der Waals surface area contributed by atoms with Gasteiger partial charge < -0.3 is 20.3 Å². The predicted octanol–water partition coefficient (Wildman–Crippen LogP) is 2.75. The molecular weight excluding hydrogens is 278 g/mol. The zero-order valence-corrected chi connectivity index (χ0v) is 13.6. The second-order valence-electron chi connectivity index (χ2n) is 6.52. The monoisotopic (exact) mass is 303 g/mol. The fourth-order valence-electron chi connectivity index (χ4n) is 3.79. The first-order valence-corrected chi connectivity index (χ1v) is 8.01. The van der Waals surface area contributed by atoms with Crippen molar-refractivity contribution in [2.24, 2.45) is 0 Å². The topological polar surface area (TPSA) is 53.6 Å². The first kappa shape index (κ1) is 15.2. The number of hydrogen-bond donors (Lipinski definition) is 2. The summed E-state index contributed by atoms with van der Waals surface area (Å²) in [5.41, 5.74) is 1.81. The number of aryl methyl sites for hydroxylation is 1. The maximum atomic E-state index is 12.3. The SMILES string of the molecule is COc1ccc(C)cc1NC(=O)NC1C[C@H]2CC[C@@H](C1)N2C. The van der Waals surface area contributed by atoms with Crippen LogP contribution in [-0.2, 0) is 0 Å². The van der Waals surface area contributed by atoms with Crippen LogP contribution in [0.25, 0.3) is 0 Å². The van der Waals surface area contributed by atoms with Gasteiger partial charge in [0.25, 0.3) is 0 Å². The highest BCUT2D eigenvalue weighted by Gasteiger charge is 2.38. The van der Waals surface area contributed by atoms with E-state index in [2.05, 4.69) is 22.6 Å². The number of piperidine rings is 1. The Kier molecular flexibility index (Phi) is 4.25. The van der Waals surface area contributed by atoms with Gasteiger partial charge in [-0.2, -0.15) is 0 Å². The summed E-state index contributed by atoms with van der Waals surface area (Å²) in [5.74, 6) is 0.684. The molecule has 2 fully saturated rings. The van der Waals surface area contributed by atoms with E-state index in [9.17, 15) is 4.79 Å². The summed E-state index contributed by atoms with van der Waals surface area (Å²) < 4.78 is 5.30. The van der Waals surface area contributed by atoms with E-state index < -0.39 is 0 Å². The third-order valence-corrected chi connectivity index (χ3v) is 5.04. The number of urea groups is 1. The number of hydrogen-bond acceptors (Lipinski definition) is 3. The van der Waals surface area contributed by atoms with E-state index in [1.807, 2.05) is 25.1 Å². The van der Waals surface area contributed by atoms with Crippen molar-refractivity contribution >= 4 is 11.7 Å². The van der Waals surface area contributed by atoms with Crippen molar-refractivity contribution in [1.82, 2.24) is 10.2 Å². The lowest BCUT2D eigenvalue weighted by Gasteiger charge is -2.36. The van der Waals surface area contributed by atoms with Crippen LogP contribution < -0.4 is 15.4 Å². The molecule has 3 rings (SSSR count). The summed E-state index contributed by atoms with van der Waals surface area (Å²) in [7, 11) is 3.82. The molecule has 0 aromatic heterocycles. The summed E-state index contributed by atoms with van der Waals surface area (Å²) >= 11 is 0. The molecule has 2 amide bonds. The first-order valence-electron chi connectivity index (χ1n) is 8.01. The quantitative estimate of drug-likeness (QED) is 0.903. The lowest BCUT2D eigenvalue weighted by atomic mass is 9.98. The van der Waals surface area contributed by atoms with Crippen LogP contribution in [0.4, 0.5) is 10.5 Å².